The van der Waals surface area contributed by atoms with E-state index in [1.165, 1.54) is 96.3 Å². The van der Waals surface area contributed by atoms with E-state index >= 15 is 0 Å². The molecule has 19 heteroatoms. The third-order valence-electron chi connectivity index (χ3n) is 14.0. The number of phosphoric acid groups is 2. The molecule has 0 aromatic carbocycles. The first-order chi connectivity index (χ1) is 38.4. The zero-order chi connectivity index (χ0) is 59.4. The lowest BCUT2D eigenvalue weighted by molar-refractivity contribution is -0.161. The van der Waals surface area contributed by atoms with E-state index in [4.69, 9.17) is 37.0 Å². The number of phosphoric ester groups is 2. The van der Waals surface area contributed by atoms with Crippen molar-refractivity contribution in [1.29, 1.82) is 0 Å². The summed E-state index contributed by atoms with van der Waals surface area (Å²) >= 11 is 0. The van der Waals surface area contributed by atoms with Crippen LogP contribution in [0.2, 0.25) is 0 Å². The van der Waals surface area contributed by atoms with Gasteiger partial charge >= 0.3 is 39.5 Å². The molecule has 80 heavy (non-hydrogen) atoms. The summed E-state index contributed by atoms with van der Waals surface area (Å²) in [5.41, 5.74) is 0. The summed E-state index contributed by atoms with van der Waals surface area (Å²) in [6.07, 6.45) is 35.4. The summed E-state index contributed by atoms with van der Waals surface area (Å²) in [5, 5.41) is 10.5. The minimum absolute atomic E-state index is 0.102. The first-order valence-corrected chi connectivity index (χ1v) is 35.0. The van der Waals surface area contributed by atoms with Gasteiger partial charge < -0.3 is 33.8 Å². The van der Waals surface area contributed by atoms with Crippen LogP contribution in [0.3, 0.4) is 0 Å². The Balaban J connectivity index is 5.13. The number of carbonyl (C=O) groups is 4. The van der Waals surface area contributed by atoms with E-state index < -0.39 is 97.5 Å². The Morgan fingerprint density at radius 2 is 0.575 bits per heavy atom. The van der Waals surface area contributed by atoms with Crippen molar-refractivity contribution in [2.75, 3.05) is 39.6 Å². The molecular formula is C61H118O17P2. The number of rotatable bonds is 60. The molecule has 5 atom stereocenters. The van der Waals surface area contributed by atoms with Crippen molar-refractivity contribution < 1.29 is 80.2 Å². The van der Waals surface area contributed by atoms with Crippen LogP contribution in [0.25, 0.3) is 0 Å². The van der Waals surface area contributed by atoms with Crippen molar-refractivity contribution in [1.82, 2.24) is 0 Å². The van der Waals surface area contributed by atoms with Gasteiger partial charge in [0.05, 0.1) is 26.4 Å². The molecule has 0 aromatic rings. The van der Waals surface area contributed by atoms with Crippen LogP contribution in [0.1, 0.15) is 298 Å². The van der Waals surface area contributed by atoms with Gasteiger partial charge in [0.15, 0.2) is 12.2 Å². The summed E-state index contributed by atoms with van der Waals surface area (Å²) in [5.74, 6) is -0.632. The van der Waals surface area contributed by atoms with Crippen LogP contribution in [0.4, 0.5) is 0 Å². The number of carbonyl (C=O) groups excluding carboxylic acids is 4. The van der Waals surface area contributed by atoms with Crippen LogP contribution in [0, 0.1) is 11.8 Å². The van der Waals surface area contributed by atoms with E-state index in [-0.39, 0.29) is 25.7 Å². The Kier molecular flexibility index (Phi) is 52.5. The quantitative estimate of drug-likeness (QED) is 0.0222. The molecular weight excluding hydrogens is 1070 g/mol. The predicted molar refractivity (Wildman–Crippen MR) is 317 cm³/mol. The van der Waals surface area contributed by atoms with Gasteiger partial charge in [-0.25, -0.2) is 9.13 Å². The molecule has 2 unspecified atom stereocenters. The summed E-state index contributed by atoms with van der Waals surface area (Å²) in [4.78, 5) is 71.7. The van der Waals surface area contributed by atoms with Gasteiger partial charge in [-0.05, 0) is 37.5 Å². The summed E-state index contributed by atoms with van der Waals surface area (Å²) in [6, 6.07) is 0. The second-order valence-electron chi connectivity index (χ2n) is 23.0. The van der Waals surface area contributed by atoms with Gasteiger partial charge in [-0.1, -0.05) is 247 Å². The molecule has 17 nitrogen and oxygen atoms in total. The smallest absolute Gasteiger partial charge is 0.462 e. The standard InChI is InChI=1S/C61H118O17P2/c1-7-9-11-13-24-33-39-45-60(65)77-56(49-71-58(63)43-37-29-12-10-8-2)51-75-79(67,68)73-47-55(62)48-74-80(69,70)76-52-57(50-72-59(64)44-38-32-27-23-22-26-31-36-42-54(5)6)78-61(66)46-40-34-28-21-19-17-15-14-16-18-20-25-30-35-41-53(3)4/h53-57,62H,7-52H2,1-6H3,(H,67,68)(H,69,70)/t55-,56+,57+/m0/s1. The molecule has 0 saturated heterocycles. The third kappa shape index (κ3) is 55.3. The van der Waals surface area contributed by atoms with E-state index in [0.29, 0.717) is 25.7 Å². The molecule has 0 heterocycles. The van der Waals surface area contributed by atoms with Crippen molar-refractivity contribution in [2.45, 2.75) is 317 Å². The maximum absolute atomic E-state index is 12.9. The molecule has 0 aromatic heterocycles. The van der Waals surface area contributed by atoms with Crippen LogP contribution >= 0.6 is 15.6 Å². The highest BCUT2D eigenvalue weighted by molar-refractivity contribution is 7.47. The van der Waals surface area contributed by atoms with Crippen molar-refractivity contribution in [3.63, 3.8) is 0 Å². The highest BCUT2D eigenvalue weighted by Gasteiger charge is 2.30. The minimum atomic E-state index is -4.94. The summed E-state index contributed by atoms with van der Waals surface area (Å²) in [6.45, 7) is 9.33. The monoisotopic (exact) mass is 1180 g/mol. The van der Waals surface area contributed by atoms with E-state index in [1.807, 2.05) is 0 Å². The van der Waals surface area contributed by atoms with Crippen LogP contribution in [0.5, 0.6) is 0 Å². The van der Waals surface area contributed by atoms with Gasteiger partial charge in [0.2, 0.25) is 0 Å². The minimum Gasteiger partial charge on any atom is -0.462 e. The second-order valence-corrected chi connectivity index (χ2v) is 25.9. The van der Waals surface area contributed by atoms with Gasteiger partial charge in [-0.2, -0.15) is 0 Å². The number of ether oxygens (including phenoxy) is 4. The fourth-order valence-corrected chi connectivity index (χ4v) is 10.6. The fraction of sp³-hybridized carbons (Fsp3) is 0.934. The van der Waals surface area contributed by atoms with E-state index in [0.717, 1.165) is 121 Å². The number of hydrogen-bond donors (Lipinski definition) is 3. The topological polar surface area (TPSA) is 237 Å². The second kappa shape index (κ2) is 53.8. The normalized spacial score (nSPS) is 14.4. The van der Waals surface area contributed by atoms with Gasteiger partial charge in [0.1, 0.15) is 19.3 Å². The molecule has 0 radical (unpaired) electrons. The maximum Gasteiger partial charge on any atom is 0.472 e. The van der Waals surface area contributed by atoms with E-state index in [9.17, 15) is 43.2 Å². The molecule has 0 fully saturated rings. The third-order valence-corrected chi connectivity index (χ3v) is 15.9. The first kappa shape index (κ1) is 78.1. The van der Waals surface area contributed by atoms with Gasteiger partial charge in [0, 0.05) is 25.7 Å². The average molecular weight is 1190 g/mol. The predicted octanol–water partition coefficient (Wildman–Crippen LogP) is 16.5. The number of aliphatic hydroxyl groups excluding tert-OH is 1. The zero-order valence-electron chi connectivity index (χ0n) is 51.4. The number of aliphatic hydroxyl groups is 1. The summed E-state index contributed by atoms with van der Waals surface area (Å²) in [7, 11) is -9.87. The lowest BCUT2D eigenvalue weighted by Gasteiger charge is -2.21. The summed E-state index contributed by atoms with van der Waals surface area (Å²) < 4.78 is 67.6. The highest BCUT2D eigenvalue weighted by atomic mass is 31.2. The number of hydrogen-bond acceptors (Lipinski definition) is 15. The molecule has 0 aliphatic heterocycles. The molecule has 474 valence electrons. The highest BCUT2D eigenvalue weighted by Crippen LogP contribution is 2.45. The Morgan fingerprint density at radius 3 is 0.850 bits per heavy atom. The van der Waals surface area contributed by atoms with Crippen molar-refractivity contribution in [3.05, 3.63) is 0 Å². The van der Waals surface area contributed by atoms with Gasteiger partial charge in [-0.15, -0.1) is 0 Å². The lowest BCUT2D eigenvalue weighted by Crippen LogP contribution is -2.30. The number of unbranched alkanes of at least 4 members (excludes halogenated alkanes) is 30. The van der Waals surface area contributed by atoms with Crippen LogP contribution in [-0.2, 0) is 65.4 Å². The Labute approximate surface area is 486 Å². The Bertz CT molecular complexity index is 1580. The van der Waals surface area contributed by atoms with E-state index in [2.05, 4.69) is 41.5 Å². The lowest BCUT2D eigenvalue weighted by atomic mass is 10.0. The zero-order valence-corrected chi connectivity index (χ0v) is 53.2. The SMILES string of the molecule is CCCCCCCCCC(=O)O[C@H](COC(=O)CCCCCCC)COP(=O)(O)OC[C@H](O)COP(=O)(O)OC[C@@H](COC(=O)CCCCCCCCCCC(C)C)OC(=O)CCCCCCCCCCCCCCCCC(C)C. The van der Waals surface area contributed by atoms with Crippen molar-refractivity contribution >= 4 is 39.5 Å². The van der Waals surface area contributed by atoms with Gasteiger partial charge in [0.25, 0.3) is 0 Å². The van der Waals surface area contributed by atoms with E-state index in [1.54, 1.807) is 0 Å². The maximum atomic E-state index is 12.9. The number of esters is 4. The molecule has 3 N–H and O–H groups in total. The molecule has 0 aliphatic rings. The molecule has 0 spiro atoms. The molecule has 0 amide bonds. The van der Waals surface area contributed by atoms with Crippen LogP contribution in [-0.4, -0.2) is 96.7 Å². The molecule has 0 rings (SSSR count). The molecule has 0 aliphatic carbocycles. The Hall–Kier alpha value is -1.94. The molecule has 0 saturated carbocycles. The molecule has 0 bridgehead atoms. The van der Waals surface area contributed by atoms with Crippen LogP contribution in [0.15, 0.2) is 0 Å². The fourth-order valence-electron chi connectivity index (χ4n) is 9.00. The average Bonchev–Trinajstić information content (AvgIpc) is 3.41. The van der Waals surface area contributed by atoms with Crippen molar-refractivity contribution in [3.8, 4) is 0 Å². The van der Waals surface area contributed by atoms with Crippen molar-refractivity contribution in [2.24, 2.45) is 11.8 Å². The first-order valence-electron chi connectivity index (χ1n) is 32.0. The van der Waals surface area contributed by atoms with Gasteiger partial charge in [-0.3, -0.25) is 37.3 Å². The largest absolute Gasteiger partial charge is 0.472 e. The Morgan fingerprint density at radius 1 is 0.338 bits per heavy atom. The van der Waals surface area contributed by atoms with Crippen LogP contribution < -0.4 is 0 Å².